The first-order valence-corrected chi connectivity index (χ1v) is 0. The fourth-order valence-electron chi connectivity index (χ4n) is 0. The molecular formula is H16Na2O8S. The van der Waals surface area contributed by atoms with E-state index in [-0.39, 0.29) is 116 Å². The van der Waals surface area contributed by atoms with Crippen molar-refractivity contribution >= 4 is 13.5 Å². The first kappa shape index (κ1) is 458. The van der Waals surface area contributed by atoms with Gasteiger partial charge in [-0.15, -0.1) is 0 Å². The molecule has 0 aromatic carbocycles. The van der Waals surface area contributed by atoms with E-state index in [9.17, 15) is 0 Å². The summed E-state index contributed by atoms with van der Waals surface area (Å²) < 4.78 is 0. The Kier molecular flexibility index (Phi) is 14800. The van der Waals surface area contributed by atoms with Crippen LogP contribution in [0.25, 0.3) is 0 Å². The van der Waals surface area contributed by atoms with E-state index in [0.717, 1.165) is 0 Å². The van der Waals surface area contributed by atoms with Crippen molar-refractivity contribution in [2.24, 2.45) is 0 Å². The molecule has 8 nitrogen and oxygen atoms in total. The molecule has 0 aromatic rings. The first-order chi connectivity index (χ1) is 0. The average molecular weight is 222 g/mol. The molecule has 11 heavy (non-hydrogen) atoms. The molecule has 0 aliphatic rings. The molecular weight excluding hydrogens is 206 g/mol. The molecule has 16 N–H and O–H groups in total. The zero-order valence-corrected chi connectivity index (χ0v) is 11.2. The van der Waals surface area contributed by atoms with Crippen molar-refractivity contribution in [3.63, 3.8) is 0 Å². The Morgan fingerprint density at radius 3 is 0.273 bits per heavy atom. The van der Waals surface area contributed by atoms with E-state index in [1.807, 2.05) is 0 Å². The predicted molar refractivity (Wildman–Crippen MR) is 36.3 cm³/mol. The van der Waals surface area contributed by atoms with E-state index < -0.39 is 0 Å². The Balaban J connectivity index is 0. The van der Waals surface area contributed by atoms with Crippen LogP contribution in [0.4, 0.5) is 0 Å². The number of hydrogen-bond acceptors (Lipinski definition) is 0. The van der Waals surface area contributed by atoms with E-state index in [1.54, 1.807) is 0 Å². The van der Waals surface area contributed by atoms with Gasteiger partial charge in [0.1, 0.15) is 0 Å². The van der Waals surface area contributed by atoms with Crippen molar-refractivity contribution in [1.29, 1.82) is 0 Å². The second-order valence-electron chi connectivity index (χ2n) is 0. The topological polar surface area (TPSA) is 252 Å². The normalized spacial score (nSPS) is 0. The van der Waals surface area contributed by atoms with Gasteiger partial charge < -0.3 is 57.3 Å². The Hall–Kier alpha value is 2.03. The maximum atomic E-state index is 0. The molecule has 0 aliphatic carbocycles. The molecule has 0 saturated heterocycles. The molecule has 0 heterocycles. The van der Waals surface area contributed by atoms with Crippen LogP contribution in [-0.4, -0.2) is 43.8 Å². The molecule has 0 spiro atoms. The molecule has 0 saturated carbocycles. The van der Waals surface area contributed by atoms with Crippen LogP contribution in [0.3, 0.4) is 0 Å². The van der Waals surface area contributed by atoms with Gasteiger partial charge in [-0.2, -0.15) is 0 Å². The van der Waals surface area contributed by atoms with Crippen LogP contribution in [0.1, 0.15) is 0 Å². The Labute approximate surface area is 115 Å². The summed E-state index contributed by atoms with van der Waals surface area (Å²) in [5.41, 5.74) is 0. The zero-order valence-electron chi connectivity index (χ0n) is 6.41. The Morgan fingerprint density at radius 2 is 0.273 bits per heavy atom. The maximum Gasteiger partial charge on any atom is 1.00 e. The second kappa shape index (κ2) is 355. The van der Waals surface area contributed by atoms with E-state index >= 15 is 0 Å². The average Bonchev–Trinajstić information content (AvgIpc) is 0. The number of rotatable bonds is 0. The monoisotopic (exact) mass is 222 g/mol. The van der Waals surface area contributed by atoms with E-state index in [2.05, 4.69) is 0 Å². The van der Waals surface area contributed by atoms with Crippen LogP contribution in [0.5, 0.6) is 0 Å². The van der Waals surface area contributed by atoms with Crippen molar-refractivity contribution < 1.29 is 103 Å². The van der Waals surface area contributed by atoms with Crippen molar-refractivity contribution in [3.05, 3.63) is 0 Å². The van der Waals surface area contributed by atoms with Crippen LogP contribution in [0, 0.1) is 0 Å². The van der Waals surface area contributed by atoms with Crippen molar-refractivity contribution in [2.75, 3.05) is 0 Å². The summed E-state index contributed by atoms with van der Waals surface area (Å²) in [6.45, 7) is 0. The third-order valence-electron chi connectivity index (χ3n) is 0. The summed E-state index contributed by atoms with van der Waals surface area (Å²) in [5.74, 6) is 0. The molecule has 0 rings (SSSR count). The van der Waals surface area contributed by atoms with Crippen molar-refractivity contribution in [1.82, 2.24) is 0 Å². The van der Waals surface area contributed by atoms with Gasteiger partial charge in [0, 0.05) is 0 Å². The quantitative estimate of drug-likeness (QED) is 0.345. The van der Waals surface area contributed by atoms with Gasteiger partial charge in [0.2, 0.25) is 0 Å². The third kappa shape index (κ3) is 294. The third-order valence-corrected chi connectivity index (χ3v) is 0. The van der Waals surface area contributed by atoms with E-state index in [1.165, 1.54) is 0 Å². The number of hydrogen-bond donors (Lipinski definition) is 0. The second-order valence-corrected chi connectivity index (χ2v) is 0. The standard InChI is InChI=1S/2Na.8H2O.S/h;;8*1H2;/q2*+1;;;;;;;;;-2. The zero-order chi connectivity index (χ0) is 0. The molecule has 0 fully saturated rings. The minimum atomic E-state index is 0. The summed E-state index contributed by atoms with van der Waals surface area (Å²) in [6.07, 6.45) is 0. The van der Waals surface area contributed by atoms with Gasteiger partial charge in [-0.05, 0) is 0 Å². The van der Waals surface area contributed by atoms with E-state index in [4.69, 9.17) is 0 Å². The summed E-state index contributed by atoms with van der Waals surface area (Å²) in [7, 11) is 0. The van der Waals surface area contributed by atoms with Crippen LogP contribution in [-0.2, 0) is 13.5 Å². The summed E-state index contributed by atoms with van der Waals surface area (Å²) >= 11 is 0. The first-order valence-electron chi connectivity index (χ1n) is 0. The van der Waals surface area contributed by atoms with Crippen molar-refractivity contribution in [3.8, 4) is 0 Å². The van der Waals surface area contributed by atoms with Crippen molar-refractivity contribution in [2.45, 2.75) is 0 Å². The molecule has 0 bridgehead atoms. The fourth-order valence-corrected chi connectivity index (χ4v) is 0. The van der Waals surface area contributed by atoms with Crippen LogP contribution in [0.2, 0.25) is 0 Å². The van der Waals surface area contributed by atoms with Gasteiger partial charge in [-0.25, -0.2) is 0 Å². The predicted octanol–water partition coefficient (Wildman–Crippen LogP) is -12.6. The van der Waals surface area contributed by atoms with Gasteiger partial charge >= 0.3 is 59.1 Å². The van der Waals surface area contributed by atoms with Gasteiger partial charge in [0.05, 0.1) is 0 Å². The minimum Gasteiger partial charge on any atom is -2.00 e. The molecule has 0 aliphatic heterocycles. The van der Waals surface area contributed by atoms with Gasteiger partial charge in [0.25, 0.3) is 0 Å². The minimum absolute atomic E-state index is 0. The molecule has 72 valence electrons. The van der Waals surface area contributed by atoms with Gasteiger partial charge in [0.15, 0.2) is 0 Å². The van der Waals surface area contributed by atoms with Crippen LogP contribution >= 0.6 is 0 Å². The SMILES string of the molecule is O.O.O.O.O.O.O.O.[Na+].[Na+].[S-2]. The molecule has 0 radical (unpaired) electrons. The molecule has 11 heteroatoms. The molecule has 0 amide bonds. The fraction of sp³-hybridized carbons (Fsp3) is 0. The molecule has 0 aromatic heterocycles. The Bertz CT molecular complexity index is 12.1. The smallest absolute Gasteiger partial charge is 1.00 e. The van der Waals surface area contributed by atoms with Crippen LogP contribution in [0.15, 0.2) is 0 Å². The van der Waals surface area contributed by atoms with Gasteiger partial charge in [-0.3, -0.25) is 0 Å². The summed E-state index contributed by atoms with van der Waals surface area (Å²) in [6, 6.07) is 0. The van der Waals surface area contributed by atoms with Gasteiger partial charge in [-0.1, -0.05) is 0 Å². The summed E-state index contributed by atoms with van der Waals surface area (Å²) in [5, 5.41) is 0. The molecule has 0 unspecified atom stereocenters. The maximum absolute atomic E-state index is 0. The van der Waals surface area contributed by atoms with E-state index in [0.29, 0.717) is 0 Å². The largest absolute Gasteiger partial charge is 2.00 e. The van der Waals surface area contributed by atoms with Crippen LogP contribution < -0.4 is 59.1 Å². The molecule has 0 atom stereocenters. The Morgan fingerprint density at radius 1 is 0.273 bits per heavy atom. The summed E-state index contributed by atoms with van der Waals surface area (Å²) in [4.78, 5) is 0.